The number of nitrogens with one attached hydrogen (secondary N) is 3. The van der Waals surface area contributed by atoms with Gasteiger partial charge in [-0.3, -0.25) is 19.2 Å². The van der Waals surface area contributed by atoms with Gasteiger partial charge in [0.25, 0.3) is 0 Å². The minimum absolute atomic E-state index is 0.0826. The molecule has 4 aromatic rings. The molecule has 34 heavy (non-hydrogen) atoms. The van der Waals surface area contributed by atoms with Crippen molar-refractivity contribution in [1.82, 2.24) is 29.5 Å². The van der Waals surface area contributed by atoms with Crippen LogP contribution in [-0.2, 0) is 4.79 Å². The number of carbonyl (C=O) groups excluding carboxylic acids is 1. The summed E-state index contributed by atoms with van der Waals surface area (Å²) < 4.78 is 1.87. The van der Waals surface area contributed by atoms with Crippen LogP contribution in [0.4, 0.5) is 17.5 Å². The molecule has 1 aromatic carbocycles. The number of hydrogen-bond acceptors (Lipinski definition) is 8. The van der Waals surface area contributed by atoms with Crippen molar-refractivity contribution in [2.24, 2.45) is 0 Å². The van der Waals surface area contributed by atoms with E-state index in [-0.39, 0.29) is 18.6 Å². The minimum Gasteiger partial charge on any atom is -0.392 e. The molecule has 1 aliphatic rings. The third-order valence-electron chi connectivity index (χ3n) is 5.51. The number of fused-ring (bicyclic) bond motifs is 1. The van der Waals surface area contributed by atoms with Crippen molar-refractivity contribution in [1.29, 1.82) is 0 Å². The second-order valence-electron chi connectivity index (χ2n) is 8.33. The van der Waals surface area contributed by atoms with Crippen LogP contribution in [0.1, 0.15) is 18.5 Å². The Morgan fingerprint density at radius 2 is 2.12 bits per heavy atom. The number of likely N-dealkylation sites (tertiary alicyclic amines) is 1. The van der Waals surface area contributed by atoms with E-state index in [9.17, 15) is 9.90 Å². The molecule has 11 heteroatoms. The molecule has 1 amide bonds. The summed E-state index contributed by atoms with van der Waals surface area (Å²) in [4.78, 5) is 24.6. The third-order valence-corrected chi connectivity index (χ3v) is 6.38. The van der Waals surface area contributed by atoms with Crippen LogP contribution in [0.3, 0.4) is 0 Å². The van der Waals surface area contributed by atoms with E-state index in [4.69, 9.17) is 0 Å². The van der Waals surface area contributed by atoms with Crippen molar-refractivity contribution in [3.63, 3.8) is 0 Å². The number of aliphatic hydroxyl groups is 1. The lowest BCUT2D eigenvalue weighted by Crippen LogP contribution is -2.42. The number of nitrogens with zero attached hydrogens (tertiary/aromatic N) is 5. The minimum atomic E-state index is -0.342. The van der Waals surface area contributed by atoms with E-state index in [0.29, 0.717) is 23.5 Å². The summed E-state index contributed by atoms with van der Waals surface area (Å²) in [5.41, 5.74) is 2.46. The molecule has 0 aliphatic carbocycles. The molecule has 0 saturated carbocycles. The van der Waals surface area contributed by atoms with E-state index in [1.54, 1.807) is 0 Å². The van der Waals surface area contributed by atoms with Gasteiger partial charge in [-0.2, -0.15) is 10.1 Å². The van der Waals surface area contributed by atoms with Gasteiger partial charge in [0.2, 0.25) is 11.9 Å². The number of anilines is 3. The van der Waals surface area contributed by atoms with Crippen molar-refractivity contribution >= 4 is 40.8 Å². The molecular weight excluding hydrogens is 452 g/mol. The zero-order chi connectivity index (χ0) is 23.5. The van der Waals surface area contributed by atoms with Gasteiger partial charge in [0.05, 0.1) is 12.6 Å². The topological polar surface area (TPSA) is 123 Å². The molecule has 1 saturated heterocycles. The highest BCUT2D eigenvalue weighted by molar-refractivity contribution is 7.99. The molecule has 4 heterocycles. The standard InChI is InChI=1S/C23H26N8O2S/c1-15-12-19(29-28-15)25-22-27-23(26-20-5-3-11-31(20)22)34-18-8-6-16(7-9-18)24-21(33)14-30-10-2-4-17(32)13-30/h3,5-9,11-12,17,32H,2,4,10,13-14H2,1H3,(H,24,33)(H2,25,26,27,28,29). The number of aliphatic hydroxyl groups excluding tert-OH is 1. The molecule has 0 radical (unpaired) electrons. The Bertz CT molecular complexity index is 1290. The normalized spacial score (nSPS) is 16.6. The molecule has 1 aliphatic heterocycles. The number of β-amino-alcohol motifs (C(OH)–C–C–N with tert-alkyl or cyclic N) is 1. The van der Waals surface area contributed by atoms with Crippen LogP contribution in [-0.4, -0.2) is 66.2 Å². The van der Waals surface area contributed by atoms with Gasteiger partial charge in [0.15, 0.2) is 11.0 Å². The summed E-state index contributed by atoms with van der Waals surface area (Å²) in [7, 11) is 0. The molecule has 3 aromatic heterocycles. The summed E-state index contributed by atoms with van der Waals surface area (Å²) >= 11 is 1.44. The molecular formula is C23H26N8O2S. The van der Waals surface area contributed by atoms with Crippen molar-refractivity contribution < 1.29 is 9.90 Å². The molecule has 5 rings (SSSR count). The number of aromatic nitrogens is 5. The fourth-order valence-electron chi connectivity index (χ4n) is 3.93. The van der Waals surface area contributed by atoms with E-state index in [1.807, 2.05) is 64.9 Å². The molecule has 1 fully saturated rings. The number of benzene rings is 1. The Morgan fingerprint density at radius 1 is 1.26 bits per heavy atom. The van der Waals surface area contributed by atoms with Gasteiger partial charge in [0, 0.05) is 35.1 Å². The first-order valence-corrected chi connectivity index (χ1v) is 12.0. The van der Waals surface area contributed by atoms with Gasteiger partial charge in [-0.25, -0.2) is 4.98 Å². The highest BCUT2D eigenvalue weighted by Crippen LogP contribution is 2.28. The number of piperidine rings is 1. The zero-order valence-corrected chi connectivity index (χ0v) is 19.5. The van der Waals surface area contributed by atoms with Gasteiger partial charge >= 0.3 is 0 Å². The second kappa shape index (κ2) is 9.84. The zero-order valence-electron chi connectivity index (χ0n) is 18.7. The van der Waals surface area contributed by atoms with E-state index in [1.165, 1.54) is 11.8 Å². The molecule has 0 spiro atoms. The predicted molar refractivity (Wildman–Crippen MR) is 130 cm³/mol. The van der Waals surface area contributed by atoms with E-state index in [0.717, 1.165) is 41.3 Å². The molecule has 176 valence electrons. The average molecular weight is 479 g/mol. The number of H-pyrrole nitrogens is 1. The van der Waals surface area contributed by atoms with Crippen LogP contribution in [0.25, 0.3) is 5.65 Å². The lowest BCUT2D eigenvalue weighted by molar-refractivity contribution is -0.118. The number of aromatic amines is 1. The highest BCUT2D eigenvalue weighted by atomic mass is 32.2. The Labute approximate surface area is 200 Å². The first kappa shape index (κ1) is 22.4. The summed E-state index contributed by atoms with van der Waals surface area (Å²) in [6.07, 6.45) is 3.27. The summed E-state index contributed by atoms with van der Waals surface area (Å²) in [6.45, 7) is 3.60. The quantitative estimate of drug-likeness (QED) is 0.320. The summed E-state index contributed by atoms with van der Waals surface area (Å²) in [5.74, 6) is 1.22. The number of hydrogen-bond donors (Lipinski definition) is 4. The fourth-order valence-corrected chi connectivity index (χ4v) is 4.68. The van der Waals surface area contributed by atoms with Crippen molar-refractivity contribution in [3.05, 3.63) is 54.4 Å². The van der Waals surface area contributed by atoms with Gasteiger partial charge < -0.3 is 15.7 Å². The highest BCUT2D eigenvalue weighted by Gasteiger charge is 2.19. The lowest BCUT2D eigenvalue weighted by atomic mass is 10.1. The van der Waals surface area contributed by atoms with E-state index >= 15 is 0 Å². The maximum Gasteiger partial charge on any atom is 0.238 e. The Morgan fingerprint density at radius 3 is 2.88 bits per heavy atom. The Hall–Kier alpha value is -3.41. The number of aryl methyl sites for hydroxylation is 1. The van der Waals surface area contributed by atoms with Gasteiger partial charge in [-0.05, 0) is 74.5 Å². The molecule has 10 nitrogen and oxygen atoms in total. The van der Waals surface area contributed by atoms with Crippen LogP contribution in [0.2, 0.25) is 0 Å². The maximum absolute atomic E-state index is 12.4. The first-order chi connectivity index (χ1) is 16.5. The maximum atomic E-state index is 12.4. The van der Waals surface area contributed by atoms with Crippen LogP contribution in [0.5, 0.6) is 0 Å². The van der Waals surface area contributed by atoms with Crippen LogP contribution >= 0.6 is 11.8 Å². The third kappa shape index (κ3) is 5.38. The van der Waals surface area contributed by atoms with Crippen LogP contribution < -0.4 is 10.6 Å². The SMILES string of the molecule is Cc1cc(Nc2nc(Sc3ccc(NC(=O)CN4CCCC(O)C4)cc3)nc3cccn23)n[nH]1. The monoisotopic (exact) mass is 478 g/mol. The fraction of sp³-hybridized carbons (Fsp3) is 0.304. The second-order valence-corrected chi connectivity index (χ2v) is 9.37. The summed E-state index contributed by atoms with van der Waals surface area (Å²) in [6, 6.07) is 13.3. The van der Waals surface area contributed by atoms with Crippen molar-refractivity contribution in [2.75, 3.05) is 30.3 Å². The van der Waals surface area contributed by atoms with Crippen LogP contribution in [0.15, 0.2) is 58.7 Å². The van der Waals surface area contributed by atoms with Gasteiger partial charge in [0.1, 0.15) is 5.65 Å². The smallest absolute Gasteiger partial charge is 0.238 e. The van der Waals surface area contributed by atoms with Gasteiger partial charge in [-0.1, -0.05) is 0 Å². The van der Waals surface area contributed by atoms with E-state index < -0.39 is 0 Å². The molecule has 1 unspecified atom stereocenters. The number of carbonyl (C=O) groups is 1. The average Bonchev–Trinajstić information content (AvgIpc) is 3.44. The van der Waals surface area contributed by atoms with E-state index in [2.05, 4.69) is 30.8 Å². The van der Waals surface area contributed by atoms with Gasteiger partial charge in [-0.15, -0.1) is 0 Å². The first-order valence-electron chi connectivity index (χ1n) is 11.1. The Kier molecular flexibility index (Phi) is 6.48. The van der Waals surface area contributed by atoms with Crippen LogP contribution in [0, 0.1) is 6.92 Å². The lowest BCUT2D eigenvalue weighted by Gasteiger charge is -2.29. The van der Waals surface area contributed by atoms with Crippen molar-refractivity contribution in [2.45, 2.75) is 35.9 Å². The predicted octanol–water partition coefficient (Wildman–Crippen LogP) is 3.05. The molecule has 1 atom stereocenters. The molecule has 4 N–H and O–H groups in total. The largest absolute Gasteiger partial charge is 0.392 e. The summed E-state index contributed by atoms with van der Waals surface area (Å²) in [5, 5.41) is 23.7. The molecule has 0 bridgehead atoms. The number of amides is 1. The Balaban J connectivity index is 1.24. The number of rotatable bonds is 7. The van der Waals surface area contributed by atoms with Crippen molar-refractivity contribution in [3.8, 4) is 0 Å².